The van der Waals surface area contributed by atoms with E-state index in [2.05, 4.69) is 0 Å². The lowest BCUT2D eigenvalue weighted by Gasteiger charge is -2.28. The van der Waals surface area contributed by atoms with E-state index in [0.717, 1.165) is 36.1 Å². The van der Waals surface area contributed by atoms with Crippen molar-refractivity contribution in [2.45, 2.75) is 57.7 Å². The second-order valence-corrected chi connectivity index (χ2v) is 8.43. The lowest BCUT2D eigenvalue weighted by molar-refractivity contribution is 0.0253. The highest BCUT2D eigenvalue weighted by atomic mass is 16.6. The van der Waals surface area contributed by atoms with Gasteiger partial charge in [-0.1, -0.05) is 6.07 Å². The maximum atomic E-state index is 12.4. The molecule has 26 heavy (non-hydrogen) atoms. The van der Waals surface area contributed by atoms with Crippen LogP contribution in [0.5, 0.6) is 5.75 Å². The Balaban J connectivity index is 1.56. The molecule has 1 fully saturated rings. The van der Waals surface area contributed by atoms with Gasteiger partial charge in [-0.3, -0.25) is 0 Å². The van der Waals surface area contributed by atoms with Crippen LogP contribution in [0.15, 0.2) is 12.1 Å². The molecular formula is C20H25NO5. The lowest BCUT2D eigenvalue weighted by Crippen LogP contribution is -2.38. The summed E-state index contributed by atoms with van der Waals surface area (Å²) in [6, 6.07) is 3.87. The van der Waals surface area contributed by atoms with Gasteiger partial charge >= 0.3 is 12.1 Å². The molecule has 0 bridgehead atoms. The highest BCUT2D eigenvalue weighted by Gasteiger charge is 2.45. The zero-order chi connectivity index (χ0) is 18.5. The van der Waals surface area contributed by atoms with Crippen molar-refractivity contribution in [2.75, 3.05) is 19.7 Å². The van der Waals surface area contributed by atoms with Gasteiger partial charge in [0, 0.05) is 29.6 Å². The van der Waals surface area contributed by atoms with Gasteiger partial charge in [-0.25, -0.2) is 9.59 Å². The fourth-order valence-corrected chi connectivity index (χ4v) is 4.17. The average molecular weight is 359 g/mol. The Morgan fingerprint density at radius 2 is 2.00 bits per heavy atom. The summed E-state index contributed by atoms with van der Waals surface area (Å²) in [6.45, 7) is 7.87. The number of rotatable bonds is 0. The number of amides is 1. The number of esters is 1. The highest BCUT2D eigenvalue weighted by molar-refractivity contribution is 5.94. The van der Waals surface area contributed by atoms with E-state index in [0.29, 0.717) is 25.3 Å². The second-order valence-electron chi connectivity index (χ2n) is 8.43. The lowest BCUT2D eigenvalue weighted by atomic mass is 9.75. The topological polar surface area (TPSA) is 65.1 Å². The van der Waals surface area contributed by atoms with Crippen LogP contribution in [0.2, 0.25) is 0 Å². The Bertz CT molecular complexity index is 766. The Hall–Kier alpha value is -2.24. The predicted octanol–water partition coefficient (Wildman–Crippen LogP) is 3.41. The van der Waals surface area contributed by atoms with Crippen LogP contribution in [0, 0.1) is 0 Å². The summed E-state index contributed by atoms with van der Waals surface area (Å²) in [5.41, 5.74) is 2.05. The third kappa shape index (κ3) is 2.81. The fourth-order valence-electron chi connectivity index (χ4n) is 4.17. The fraction of sp³-hybridized carbons (Fsp3) is 0.600. The largest absolute Gasteiger partial charge is 0.492 e. The predicted molar refractivity (Wildman–Crippen MR) is 94.4 cm³/mol. The van der Waals surface area contributed by atoms with E-state index < -0.39 is 5.60 Å². The molecule has 3 aliphatic heterocycles. The quantitative estimate of drug-likeness (QED) is 0.664. The first-order chi connectivity index (χ1) is 12.3. The molecule has 1 spiro atoms. The molecule has 1 aromatic carbocycles. The molecule has 0 radical (unpaired) electrons. The number of fused-ring (bicyclic) bond motifs is 4. The van der Waals surface area contributed by atoms with Crippen LogP contribution < -0.4 is 4.74 Å². The number of ether oxygens (including phenoxy) is 3. The van der Waals surface area contributed by atoms with Gasteiger partial charge in [-0.05, 0) is 46.1 Å². The number of carbonyl (C=O) groups excluding carboxylic acids is 2. The Morgan fingerprint density at radius 1 is 1.19 bits per heavy atom. The average Bonchev–Trinajstić information content (AvgIpc) is 3.02. The number of hydrogen-bond donors (Lipinski definition) is 0. The van der Waals surface area contributed by atoms with Gasteiger partial charge in [0.1, 0.15) is 18.0 Å². The normalized spacial score (nSPS) is 24.6. The first-order valence-electron chi connectivity index (χ1n) is 9.23. The molecule has 0 aromatic heterocycles. The van der Waals surface area contributed by atoms with Gasteiger partial charge in [0.25, 0.3) is 0 Å². The van der Waals surface area contributed by atoms with Crippen LogP contribution in [-0.2, 0) is 21.5 Å². The molecular weight excluding hydrogens is 334 g/mol. The molecule has 1 atom stereocenters. The monoisotopic (exact) mass is 359 g/mol. The summed E-state index contributed by atoms with van der Waals surface area (Å²) in [5.74, 6) is 0.545. The third-order valence-electron chi connectivity index (χ3n) is 5.49. The van der Waals surface area contributed by atoms with Crippen LogP contribution in [0.3, 0.4) is 0 Å². The maximum Gasteiger partial charge on any atom is 0.410 e. The first kappa shape index (κ1) is 17.2. The van der Waals surface area contributed by atoms with E-state index in [9.17, 15) is 9.59 Å². The summed E-state index contributed by atoms with van der Waals surface area (Å²) in [5, 5.41) is 0. The van der Waals surface area contributed by atoms with Crippen molar-refractivity contribution in [2.24, 2.45) is 0 Å². The van der Waals surface area contributed by atoms with Gasteiger partial charge in [-0.15, -0.1) is 0 Å². The molecule has 3 aliphatic rings. The summed E-state index contributed by atoms with van der Waals surface area (Å²) in [7, 11) is 0. The van der Waals surface area contributed by atoms with E-state index >= 15 is 0 Å². The Morgan fingerprint density at radius 3 is 2.77 bits per heavy atom. The number of carbonyl (C=O) groups is 2. The van der Waals surface area contributed by atoms with E-state index in [-0.39, 0.29) is 24.1 Å². The Labute approximate surface area is 153 Å². The van der Waals surface area contributed by atoms with Crippen molar-refractivity contribution in [3.8, 4) is 5.75 Å². The molecule has 1 unspecified atom stereocenters. The van der Waals surface area contributed by atoms with Gasteiger partial charge in [0.05, 0.1) is 12.2 Å². The van der Waals surface area contributed by atoms with Gasteiger partial charge in [0.2, 0.25) is 0 Å². The van der Waals surface area contributed by atoms with Crippen molar-refractivity contribution in [3.05, 3.63) is 28.8 Å². The number of nitrogens with zero attached hydrogens (tertiary/aromatic N) is 1. The molecule has 0 saturated carbocycles. The Kier molecular flexibility index (Phi) is 3.90. The standard InChI is InChI=1S/C20H25NO5/c1-19(2,3)26-18(23)21-9-4-7-20(8-10-21)12-25-16-14-11-24-17(22)13(14)5-6-15(16)20/h5-6H,4,7-12H2,1-3H3. The van der Waals surface area contributed by atoms with Crippen molar-refractivity contribution in [1.29, 1.82) is 0 Å². The van der Waals surface area contributed by atoms with E-state index in [4.69, 9.17) is 14.2 Å². The minimum atomic E-state index is -0.489. The van der Waals surface area contributed by atoms with Crippen LogP contribution in [0.25, 0.3) is 0 Å². The summed E-state index contributed by atoms with van der Waals surface area (Å²) < 4.78 is 16.7. The van der Waals surface area contributed by atoms with Gasteiger partial charge in [-0.2, -0.15) is 0 Å². The van der Waals surface area contributed by atoms with Crippen LogP contribution in [0.1, 0.15) is 61.5 Å². The molecule has 4 rings (SSSR count). The number of likely N-dealkylation sites (tertiary alicyclic amines) is 1. The zero-order valence-electron chi connectivity index (χ0n) is 15.6. The molecule has 6 nitrogen and oxygen atoms in total. The van der Waals surface area contributed by atoms with Crippen LogP contribution in [-0.4, -0.2) is 42.3 Å². The van der Waals surface area contributed by atoms with Crippen LogP contribution in [0.4, 0.5) is 4.79 Å². The second kappa shape index (κ2) is 5.89. The molecule has 1 saturated heterocycles. The number of benzene rings is 1. The van der Waals surface area contributed by atoms with Crippen LogP contribution >= 0.6 is 0 Å². The highest BCUT2D eigenvalue weighted by Crippen LogP contribution is 2.49. The number of hydrogen-bond acceptors (Lipinski definition) is 5. The third-order valence-corrected chi connectivity index (χ3v) is 5.49. The molecule has 3 heterocycles. The molecule has 1 aromatic rings. The van der Waals surface area contributed by atoms with Crippen molar-refractivity contribution < 1.29 is 23.8 Å². The maximum absolute atomic E-state index is 12.4. The minimum absolute atomic E-state index is 0.104. The number of cyclic esters (lactones) is 1. The zero-order valence-corrected chi connectivity index (χ0v) is 15.6. The molecule has 140 valence electrons. The van der Waals surface area contributed by atoms with E-state index in [1.807, 2.05) is 32.9 Å². The smallest absolute Gasteiger partial charge is 0.410 e. The van der Waals surface area contributed by atoms with Crippen molar-refractivity contribution in [1.82, 2.24) is 4.90 Å². The SMILES string of the molecule is CC(C)(C)OC(=O)N1CCCC2(CC1)COc1c2ccc2c1COC2=O. The minimum Gasteiger partial charge on any atom is -0.492 e. The van der Waals surface area contributed by atoms with E-state index in [1.165, 1.54) is 0 Å². The van der Waals surface area contributed by atoms with Gasteiger partial charge < -0.3 is 19.1 Å². The van der Waals surface area contributed by atoms with Gasteiger partial charge in [0.15, 0.2) is 0 Å². The summed E-state index contributed by atoms with van der Waals surface area (Å²) >= 11 is 0. The molecule has 0 N–H and O–H groups in total. The summed E-state index contributed by atoms with van der Waals surface area (Å²) in [6.07, 6.45) is 2.43. The summed E-state index contributed by atoms with van der Waals surface area (Å²) in [4.78, 5) is 26.0. The van der Waals surface area contributed by atoms with E-state index in [1.54, 1.807) is 4.90 Å². The van der Waals surface area contributed by atoms with Crippen molar-refractivity contribution >= 4 is 12.1 Å². The molecule has 6 heteroatoms. The van der Waals surface area contributed by atoms with Crippen molar-refractivity contribution in [3.63, 3.8) is 0 Å². The molecule has 1 amide bonds. The first-order valence-corrected chi connectivity index (χ1v) is 9.23. The molecule has 0 aliphatic carbocycles.